The summed E-state index contributed by atoms with van der Waals surface area (Å²) in [5.41, 5.74) is 2.99. The zero-order valence-corrected chi connectivity index (χ0v) is 11.3. The van der Waals surface area contributed by atoms with Crippen molar-refractivity contribution in [1.29, 1.82) is 0 Å². The Kier molecular flexibility index (Phi) is 3.27. The molecule has 2 aromatic heterocycles. The summed E-state index contributed by atoms with van der Waals surface area (Å²) in [4.78, 5) is 28.0. The summed E-state index contributed by atoms with van der Waals surface area (Å²) >= 11 is 0. The highest BCUT2D eigenvalue weighted by atomic mass is 16.4. The molecule has 2 heterocycles. The number of carboxylic acid groups (broad SMARTS) is 1. The van der Waals surface area contributed by atoms with E-state index in [1.165, 1.54) is 6.20 Å². The minimum atomic E-state index is -1.01. The number of fused-ring (bicyclic) bond motifs is 1. The van der Waals surface area contributed by atoms with Crippen LogP contribution in [0.1, 0.15) is 23.0 Å². The highest BCUT2D eigenvalue weighted by Gasteiger charge is 2.13. The van der Waals surface area contributed by atoms with E-state index in [9.17, 15) is 4.79 Å². The second kappa shape index (κ2) is 5.24. The fourth-order valence-corrected chi connectivity index (χ4v) is 2.11. The van der Waals surface area contributed by atoms with Crippen molar-refractivity contribution in [2.45, 2.75) is 13.3 Å². The van der Waals surface area contributed by atoms with E-state index in [2.05, 4.69) is 19.9 Å². The van der Waals surface area contributed by atoms with Crippen molar-refractivity contribution in [3.05, 3.63) is 48.0 Å². The number of rotatable bonds is 3. The molecule has 1 aromatic carbocycles. The average Bonchev–Trinajstić information content (AvgIpc) is 2.53. The standard InChI is InChI=1S/C15H12N4O2/c1-2-11-10(15(20)21)8-18-14(19-11)9-3-4-12-13(7-9)17-6-5-16-12/h3-8H,2H2,1H3,(H,20,21). The van der Waals surface area contributed by atoms with Gasteiger partial charge in [-0.05, 0) is 24.6 Å². The van der Waals surface area contributed by atoms with Gasteiger partial charge in [-0.25, -0.2) is 14.8 Å². The SMILES string of the molecule is CCc1nc(-c2ccc3nccnc3c2)ncc1C(=O)O. The number of hydrogen-bond donors (Lipinski definition) is 1. The maximum atomic E-state index is 11.1. The first-order valence-corrected chi connectivity index (χ1v) is 6.49. The van der Waals surface area contributed by atoms with Crippen molar-refractivity contribution in [3.8, 4) is 11.4 Å². The Hall–Kier alpha value is -2.89. The van der Waals surface area contributed by atoms with E-state index in [0.29, 0.717) is 17.9 Å². The summed E-state index contributed by atoms with van der Waals surface area (Å²) in [5.74, 6) is -0.521. The average molecular weight is 280 g/mol. The van der Waals surface area contributed by atoms with Crippen LogP contribution in [0.4, 0.5) is 0 Å². The molecule has 0 spiro atoms. The lowest BCUT2D eigenvalue weighted by molar-refractivity contribution is 0.0694. The van der Waals surface area contributed by atoms with Gasteiger partial charge in [0.2, 0.25) is 0 Å². The van der Waals surface area contributed by atoms with Gasteiger partial charge in [0, 0.05) is 24.2 Å². The highest BCUT2D eigenvalue weighted by Crippen LogP contribution is 2.20. The van der Waals surface area contributed by atoms with Crippen molar-refractivity contribution >= 4 is 17.0 Å². The molecule has 3 aromatic rings. The quantitative estimate of drug-likeness (QED) is 0.792. The number of carboxylic acids is 1. The van der Waals surface area contributed by atoms with Crippen LogP contribution in [0.3, 0.4) is 0 Å². The first-order chi connectivity index (χ1) is 10.2. The first-order valence-electron chi connectivity index (χ1n) is 6.49. The topological polar surface area (TPSA) is 88.9 Å². The van der Waals surface area contributed by atoms with Crippen LogP contribution in [-0.4, -0.2) is 31.0 Å². The monoisotopic (exact) mass is 280 g/mol. The van der Waals surface area contributed by atoms with Crippen LogP contribution in [0.15, 0.2) is 36.8 Å². The molecule has 3 rings (SSSR count). The normalized spacial score (nSPS) is 10.7. The number of hydrogen-bond acceptors (Lipinski definition) is 5. The molecule has 0 radical (unpaired) electrons. The lowest BCUT2D eigenvalue weighted by Gasteiger charge is -2.06. The van der Waals surface area contributed by atoms with Gasteiger partial charge in [-0.1, -0.05) is 6.92 Å². The molecule has 6 nitrogen and oxygen atoms in total. The maximum absolute atomic E-state index is 11.1. The number of aryl methyl sites for hydroxylation is 1. The molecule has 1 N–H and O–H groups in total. The van der Waals surface area contributed by atoms with Crippen LogP contribution in [0.5, 0.6) is 0 Å². The van der Waals surface area contributed by atoms with Gasteiger partial charge >= 0.3 is 5.97 Å². The van der Waals surface area contributed by atoms with E-state index >= 15 is 0 Å². The summed E-state index contributed by atoms with van der Waals surface area (Å²) in [5, 5.41) is 9.10. The number of carbonyl (C=O) groups is 1. The summed E-state index contributed by atoms with van der Waals surface area (Å²) in [7, 11) is 0. The molecule has 6 heteroatoms. The van der Waals surface area contributed by atoms with E-state index in [-0.39, 0.29) is 5.56 Å². The van der Waals surface area contributed by atoms with Gasteiger partial charge in [0.1, 0.15) is 0 Å². The van der Waals surface area contributed by atoms with Gasteiger partial charge in [-0.15, -0.1) is 0 Å². The van der Waals surface area contributed by atoms with Crippen molar-refractivity contribution in [2.75, 3.05) is 0 Å². The van der Waals surface area contributed by atoms with E-state index < -0.39 is 5.97 Å². The molecule has 0 saturated carbocycles. The minimum absolute atomic E-state index is 0.141. The fraction of sp³-hybridized carbons (Fsp3) is 0.133. The molecule has 0 saturated heterocycles. The largest absolute Gasteiger partial charge is 0.478 e. The predicted molar refractivity (Wildman–Crippen MR) is 76.9 cm³/mol. The Labute approximate surface area is 120 Å². The molecular weight excluding hydrogens is 268 g/mol. The van der Waals surface area contributed by atoms with Crippen molar-refractivity contribution in [3.63, 3.8) is 0 Å². The van der Waals surface area contributed by atoms with Gasteiger partial charge in [-0.3, -0.25) is 9.97 Å². The third kappa shape index (κ3) is 2.43. The van der Waals surface area contributed by atoms with Crippen molar-refractivity contribution in [2.24, 2.45) is 0 Å². The van der Waals surface area contributed by atoms with Crippen molar-refractivity contribution < 1.29 is 9.90 Å². The Morgan fingerprint density at radius 2 is 1.90 bits per heavy atom. The van der Waals surface area contributed by atoms with E-state index in [0.717, 1.165) is 16.6 Å². The second-order valence-electron chi connectivity index (χ2n) is 4.47. The number of aromatic nitrogens is 4. The molecule has 0 aliphatic heterocycles. The molecule has 0 unspecified atom stereocenters. The zero-order chi connectivity index (χ0) is 14.8. The second-order valence-corrected chi connectivity index (χ2v) is 4.47. The van der Waals surface area contributed by atoms with Crippen LogP contribution in [0.2, 0.25) is 0 Å². The van der Waals surface area contributed by atoms with E-state index in [4.69, 9.17) is 5.11 Å². The molecule has 0 aliphatic rings. The molecule has 0 bridgehead atoms. The summed E-state index contributed by atoms with van der Waals surface area (Å²) < 4.78 is 0. The number of nitrogens with zero attached hydrogens (tertiary/aromatic N) is 4. The maximum Gasteiger partial charge on any atom is 0.339 e. The molecule has 0 aliphatic carbocycles. The van der Waals surface area contributed by atoms with Crippen molar-refractivity contribution in [1.82, 2.24) is 19.9 Å². The lowest BCUT2D eigenvalue weighted by atomic mass is 10.1. The van der Waals surface area contributed by atoms with Gasteiger partial charge in [0.25, 0.3) is 0 Å². The first kappa shape index (κ1) is 13.1. The molecule has 0 fully saturated rings. The Morgan fingerprint density at radius 1 is 1.14 bits per heavy atom. The number of aromatic carboxylic acids is 1. The third-order valence-corrected chi connectivity index (χ3v) is 3.16. The third-order valence-electron chi connectivity index (χ3n) is 3.16. The van der Waals surface area contributed by atoms with Crippen LogP contribution in [-0.2, 0) is 6.42 Å². The van der Waals surface area contributed by atoms with Gasteiger partial charge in [-0.2, -0.15) is 0 Å². The minimum Gasteiger partial charge on any atom is -0.478 e. The Balaban J connectivity index is 2.11. The fourth-order valence-electron chi connectivity index (χ4n) is 2.11. The highest BCUT2D eigenvalue weighted by molar-refractivity contribution is 5.89. The molecular formula is C15H12N4O2. The van der Waals surface area contributed by atoms with Crippen LogP contribution in [0.25, 0.3) is 22.4 Å². The van der Waals surface area contributed by atoms with Crippen LogP contribution in [0, 0.1) is 0 Å². The summed E-state index contributed by atoms with van der Waals surface area (Å²) in [6.07, 6.45) is 5.14. The summed E-state index contributed by atoms with van der Waals surface area (Å²) in [6.45, 7) is 1.87. The van der Waals surface area contributed by atoms with Gasteiger partial charge < -0.3 is 5.11 Å². The van der Waals surface area contributed by atoms with Crippen LogP contribution >= 0.6 is 0 Å². The summed E-state index contributed by atoms with van der Waals surface area (Å²) in [6, 6.07) is 5.54. The molecule has 21 heavy (non-hydrogen) atoms. The smallest absolute Gasteiger partial charge is 0.339 e. The molecule has 0 amide bonds. The lowest BCUT2D eigenvalue weighted by Crippen LogP contribution is -2.06. The Morgan fingerprint density at radius 3 is 2.62 bits per heavy atom. The molecule has 0 atom stereocenters. The zero-order valence-electron chi connectivity index (χ0n) is 11.3. The van der Waals surface area contributed by atoms with Crippen LogP contribution < -0.4 is 0 Å². The van der Waals surface area contributed by atoms with Gasteiger partial charge in [0.15, 0.2) is 5.82 Å². The molecule has 104 valence electrons. The Bertz CT molecular complexity index is 833. The van der Waals surface area contributed by atoms with Gasteiger partial charge in [0.05, 0.1) is 22.3 Å². The predicted octanol–water partition coefficient (Wildman–Crippen LogP) is 2.35. The van der Waals surface area contributed by atoms with E-state index in [1.807, 2.05) is 25.1 Å². The van der Waals surface area contributed by atoms with E-state index in [1.54, 1.807) is 12.4 Å². The number of benzene rings is 1.